The van der Waals surface area contributed by atoms with Gasteiger partial charge in [-0.1, -0.05) is 152 Å². The zero-order valence-electron chi connectivity index (χ0n) is 30.3. The van der Waals surface area contributed by atoms with E-state index in [2.05, 4.69) is 36.4 Å². The van der Waals surface area contributed by atoms with Crippen LogP contribution in [0.1, 0.15) is 5.48 Å². The van der Waals surface area contributed by atoms with Gasteiger partial charge in [-0.2, -0.15) is 0 Å². The molecule has 0 bridgehead atoms. The lowest BCUT2D eigenvalue weighted by atomic mass is 9.98. The molecule has 49 heavy (non-hydrogen) atoms. The Hall–Kier alpha value is -6.65. The second-order valence-corrected chi connectivity index (χ2v) is 11.8. The van der Waals surface area contributed by atoms with E-state index in [4.69, 9.17) is 20.4 Å². The molecule has 9 rings (SSSR count). The van der Waals surface area contributed by atoms with E-state index in [0.29, 0.717) is 28.4 Å². The minimum atomic E-state index is -0.274. The molecule has 0 saturated heterocycles. The number of fused-ring (bicyclic) bond motifs is 3. The summed E-state index contributed by atoms with van der Waals surface area (Å²) in [6.07, 6.45) is 0. The van der Waals surface area contributed by atoms with Crippen LogP contribution >= 0.6 is 0 Å². The molecule has 0 aliphatic carbocycles. The zero-order valence-corrected chi connectivity index (χ0v) is 26.3. The smallest absolute Gasteiger partial charge is 0.164 e. The van der Waals surface area contributed by atoms with Gasteiger partial charge in [-0.05, 0) is 47.0 Å². The number of hydrogen-bond acceptors (Lipinski definition) is 3. The van der Waals surface area contributed by atoms with Crippen LogP contribution in [0.2, 0.25) is 0 Å². The highest BCUT2D eigenvalue weighted by Gasteiger charge is 2.17. The minimum Gasteiger partial charge on any atom is -0.309 e. The van der Waals surface area contributed by atoms with Crippen molar-refractivity contribution in [1.29, 1.82) is 0 Å². The molecule has 0 aliphatic heterocycles. The van der Waals surface area contributed by atoms with Gasteiger partial charge >= 0.3 is 0 Å². The molecule has 0 saturated carbocycles. The summed E-state index contributed by atoms with van der Waals surface area (Å²) in [5.41, 5.74) is 8.62. The average Bonchev–Trinajstić information content (AvgIpc) is 3.59. The number of hydrogen-bond donors (Lipinski definition) is 0. The Kier molecular flexibility index (Phi) is 6.09. The Morgan fingerprint density at radius 3 is 1.45 bits per heavy atom. The third-order valence-corrected chi connectivity index (χ3v) is 8.81. The van der Waals surface area contributed by atoms with Crippen molar-refractivity contribution in [3.05, 3.63) is 182 Å². The van der Waals surface area contributed by atoms with Crippen LogP contribution in [0.3, 0.4) is 0 Å². The first kappa shape index (κ1) is 24.5. The molecule has 9 aromatic rings. The predicted molar refractivity (Wildman–Crippen MR) is 201 cm³/mol. The van der Waals surface area contributed by atoms with Crippen molar-refractivity contribution < 1.29 is 5.48 Å². The van der Waals surface area contributed by atoms with Crippen LogP contribution in [0, 0.1) is 0 Å². The van der Waals surface area contributed by atoms with Crippen LogP contribution in [0.5, 0.6) is 0 Å². The number of benzene rings is 7. The highest BCUT2D eigenvalue weighted by Crippen LogP contribution is 2.39. The van der Waals surface area contributed by atoms with Gasteiger partial charge in [-0.3, -0.25) is 0 Å². The quantitative estimate of drug-likeness (QED) is 0.184. The van der Waals surface area contributed by atoms with Crippen molar-refractivity contribution in [1.82, 2.24) is 19.5 Å². The molecular formula is C45H30N4. The summed E-state index contributed by atoms with van der Waals surface area (Å²) in [7, 11) is 0. The van der Waals surface area contributed by atoms with Crippen LogP contribution in [-0.4, -0.2) is 19.5 Å². The maximum Gasteiger partial charge on any atom is 0.164 e. The molecule has 7 aromatic carbocycles. The lowest BCUT2D eigenvalue weighted by Crippen LogP contribution is -2.00. The van der Waals surface area contributed by atoms with E-state index in [9.17, 15) is 0 Å². The number of para-hydroxylation sites is 2. The first-order valence-corrected chi connectivity index (χ1v) is 16.1. The summed E-state index contributed by atoms with van der Waals surface area (Å²) in [6.45, 7) is 0. The number of aromatic nitrogens is 4. The van der Waals surface area contributed by atoms with E-state index in [1.165, 1.54) is 0 Å². The monoisotopic (exact) mass is 630 g/mol. The molecule has 230 valence electrons. The third kappa shape index (κ3) is 5.26. The van der Waals surface area contributed by atoms with Crippen molar-refractivity contribution in [3.63, 3.8) is 0 Å². The van der Waals surface area contributed by atoms with Gasteiger partial charge < -0.3 is 4.57 Å². The fraction of sp³-hybridized carbons (Fsp3) is 0. The lowest BCUT2D eigenvalue weighted by Gasteiger charge is -2.13. The fourth-order valence-electron chi connectivity index (χ4n) is 6.43. The van der Waals surface area contributed by atoms with E-state index in [-0.39, 0.29) is 24.2 Å². The van der Waals surface area contributed by atoms with Gasteiger partial charge in [0.2, 0.25) is 0 Å². The molecule has 0 aliphatic rings. The number of nitrogens with zero attached hydrogens (tertiary/aromatic N) is 4. The molecule has 4 nitrogen and oxygen atoms in total. The second-order valence-electron chi connectivity index (χ2n) is 11.8. The number of rotatable bonds is 6. The largest absolute Gasteiger partial charge is 0.309 e. The lowest BCUT2D eigenvalue weighted by molar-refractivity contribution is 1.07. The summed E-state index contributed by atoms with van der Waals surface area (Å²) in [5, 5.41) is 1.23. The average molecular weight is 631 g/mol. The van der Waals surface area contributed by atoms with E-state index >= 15 is 0 Å². The van der Waals surface area contributed by atoms with E-state index in [1.807, 2.05) is 126 Å². The van der Waals surface area contributed by atoms with Gasteiger partial charge in [0.1, 0.15) is 0 Å². The fourth-order valence-corrected chi connectivity index (χ4v) is 6.43. The van der Waals surface area contributed by atoms with Gasteiger partial charge in [0, 0.05) is 38.7 Å². The van der Waals surface area contributed by atoms with Crippen molar-refractivity contribution in [2.45, 2.75) is 0 Å². The highest BCUT2D eigenvalue weighted by atomic mass is 15.0. The Morgan fingerprint density at radius 1 is 0.388 bits per heavy atom. The van der Waals surface area contributed by atoms with Crippen LogP contribution in [0.4, 0.5) is 0 Å². The molecule has 0 amide bonds. The van der Waals surface area contributed by atoms with Crippen molar-refractivity contribution in [3.8, 4) is 62.1 Å². The molecule has 2 aromatic heterocycles. The van der Waals surface area contributed by atoms with Crippen molar-refractivity contribution in [2.24, 2.45) is 0 Å². The highest BCUT2D eigenvalue weighted by molar-refractivity contribution is 6.13. The van der Waals surface area contributed by atoms with Crippen molar-refractivity contribution >= 4 is 21.8 Å². The Bertz CT molecular complexity index is 2730. The van der Waals surface area contributed by atoms with E-state index in [1.54, 1.807) is 0 Å². The Balaban J connectivity index is 1.23. The normalized spacial score (nSPS) is 12.4. The zero-order chi connectivity index (χ0) is 36.1. The summed E-state index contributed by atoms with van der Waals surface area (Å²) >= 11 is 0. The van der Waals surface area contributed by atoms with Gasteiger partial charge in [0.15, 0.2) is 17.5 Å². The van der Waals surface area contributed by atoms with Crippen LogP contribution in [0.25, 0.3) is 83.9 Å². The summed E-state index contributed by atoms with van der Waals surface area (Å²) in [5.74, 6) is 1.66. The molecule has 4 heteroatoms. The topological polar surface area (TPSA) is 43.6 Å². The molecule has 0 unspecified atom stereocenters. The van der Waals surface area contributed by atoms with Gasteiger partial charge in [0.05, 0.1) is 16.5 Å². The minimum absolute atomic E-state index is 0.0648. The van der Waals surface area contributed by atoms with Crippen LogP contribution < -0.4 is 0 Å². The molecular weight excluding hydrogens is 597 g/mol. The van der Waals surface area contributed by atoms with Gasteiger partial charge in [0.25, 0.3) is 0 Å². The maximum atomic E-state index is 9.10. The first-order valence-electron chi connectivity index (χ1n) is 18.1. The molecule has 0 N–H and O–H groups in total. The van der Waals surface area contributed by atoms with E-state index in [0.717, 1.165) is 55.5 Å². The Labute approximate surface area is 290 Å². The molecule has 0 spiro atoms. The molecule has 2 heterocycles. The van der Waals surface area contributed by atoms with Gasteiger partial charge in [-0.25, -0.2) is 15.0 Å². The standard InChI is InChI=1S/C45H30N4/c1-4-13-31(14-5-1)32-23-25-33(26-24-32)38-20-12-21-40-39-19-10-11-22-41(39)49(42(38)40)37-29-27-36(28-30-37)45-47-43(34-15-6-2-7-16-34)46-44(48-45)35-17-8-3-9-18-35/h1-30H/i10D,11D,19D,22D. The summed E-state index contributed by atoms with van der Waals surface area (Å²) < 4.78 is 37.2. The molecule has 0 radical (unpaired) electrons. The molecule has 0 fully saturated rings. The summed E-state index contributed by atoms with van der Waals surface area (Å²) in [6, 6.07) is 51.3. The third-order valence-electron chi connectivity index (χ3n) is 8.81. The Morgan fingerprint density at radius 2 is 0.857 bits per heavy atom. The van der Waals surface area contributed by atoms with Gasteiger partial charge in [-0.15, -0.1) is 0 Å². The SMILES string of the molecule is [2H]c1c([2H])c([2H])c2c(c1[2H])c1cccc(-c3ccc(-c4ccccc4)cc3)c1n2-c1ccc(-c2nc(-c3ccccc3)nc(-c3ccccc3)n2)cc1. The van der Waals surface area contributed by atoms with Crippen molar-refractivity contribution in [2.75, 3.05) is 0 Å². The predicted octanol–water partition coefficient (Wildman–Crippen LogP) is 11.3. The van der Waals surface area contributed by atoms with Crippen LogP contribution in [-0.2, 0) is 0 Å². The second kappa shape index (κ2) is 12.2. The molecule has 0 atom stereocenters. The maximum absolute atomic E-state index is 9.10. The van der Waals surface area contributed by atoms with Crippen LogP contribution in [0.15, 0.2) is 182 Å². The summed E-state index contributed by atoms with van der Waals surface area (Å²) in [4.78, 5) is 14.6. The first-order chi connectivity index (χ1) is 26.0. The van der Waals surface area contributed by atoms with E-state index < -0.39 is 0 Å².